The fourth-order valence-corrected chi connectivity index (χ4v) is 2.61. The first-order chi connectivity index (χ1) is 12.2. The quantitative estimate of drug-likeness (QED) is 0.418. The monoisotopic (exact) mass is 338 g/mol. The summed E-state index contributed by atoms with van der Waals surface area (Å²) in [6.45, 7) is 4.62. The second-order valence-corrected chi connectivity index (χ2v) is 5.77. The Morgan fingerprint density at radius 2 is 2.04 bits per heavy atom. The molecule has 0 heterocycles. The van der Waals surface area contributed by atoms with Crippen molar-refractivity contribution < 1.29 is 4.74 Å². The molecule has 0 aliphatic heterocycles. The van der Waals surface area contributed by atoms with Crippen LogP contribution in [0.3, 0.4) is 0 Å². The van der Waals surface area contributed by atoms with E-state index >= 15 is 0 Å². The number of rotatable bonds is 9. The predicted molar refractivity (Wildman–Crippen MR) is 105 cm³/mol. The van der Waals surface area contributed by atoms with Crippen molar-refractivity contribution >= 4 is 17.5 Å². The second-order valence-electron chi connectivity index (χ2n) is 5.77. The van der Waals surface area contributed by atoms with Crippen LogP contribution in [0.1, 0.15) is 16.7 Å². The number of ether oxygens (including phenoxy) is 1. The molecule has 0 aromatic heterocycles. The highest BCUT2D eigenvalue weighted by atomic mass is 16.5. The molecular weight excluding hydrogens is 312 g/mol. The summed E-state index contributed by atoms with van der Waals surface area (Å²) in [5.41, 5.74) is 10.5. The van der Waals surface area contributed by atoms with E-state index in [9.17, 15) is 0 Å². The number of benzene rings is 2. The van der Waals surface area contributed by atoms with Crippen LogP contribution >= 0.6 is 0 Å². The Bertz CT molecular complexity index is 740. The molecule has 132 valence electrons. The van der Waals surface area contributed by atoms with E-state index in [1.54, 1.807) is 7.11 Å². The molecule has 0 aliphatic rings. The molecule has 2 aromatic carbocycles. The number of allylic oxidation sites excluding steroid dienone is 1. The zero-order valence-electron chi connectivity index (χ0n) is 14.8. The Morgan fingerprint density at radius 3 is 2.72 bits per heavy atom. The van der Waals surface area contributed by atoms with Crippen molar-refractivity contribution in [3.05, 3.63) is 65.4 Å². The first-order valence-electron chi connectivity index (χ1n) is 8.29. The van der Waals surface area contributed by atoms with Gasteiger partial charge in [-0.05, 0) is 24.6 Å². The van der Waals surface area contributed by atoms with Crippen molar-refractivity contribution in [2.24, 2.45) is 5.73 Å². The van der Waals surface area contributed by atoms with E-state index in [0.717, 1.165) is 30.9 Å². The van der Waals surface area contributed by atoms with Gasteiger partial charge in [0.15, 0.2) is 0 Å². The maximum atomic E-state index is 7.41. The minimum atomic E-state index is 0.628. The van der Waals surface area contributed by atoms with Crippen LogP contribution < -0.4 is 21.1 Å². The minimum Gasteiger partial charge on any atom is -0.496 e. The number of nitrogens with two attached hydrogens (primary N) is 1. The lowest BCUT2D eigenvalue weighted by molar-refractivity contribution is 0.414. The molecule has 0 aliphatic carbocycles. The third-order valence-corrected chi connectivity index (χ3v) is 3.89. The van der Waals surface area contributed by atoms with Crippen LogP contribution in [-0.4, -0.2) is 26.4 Å². The van der Waals surface area contributed by atoms with Gasteiger partial charge < -0.3 is 26.5 Å². The van der Waals surface area contributed by atoms with E-state index in [4.69, 9.17) is 15.9 Å². The van der Waals surface area contributed by atoms with Crippen molar-refractivity contribution in [1.29, 1.82) is 5.41 Å². The van der Waals surface area contributed by atoms with Crippen molar-refractivity contribution in [2.45, 2.75) is 13.5 Å². The topological polar surface area (TPSA) is 83.2 Å². The summed E-state index contributed by atoms with van der Waals surface area (Å²) in [4.78, 5) is 0. The molecule has 0 radical (unpaired) electrons. The summed E-state index contributed by atoms with van der Waals surface area (Å²) in [6.07, 6.45) is 2.63. The normalized spacial score (nSPS) is 11.2. The Hall–Kier alpha value is -2.79. The lowest BCUT2D eigenvalue weighted by Gasteiger charge is -2.13. The van der Waals surface area contributed by atoms with Gasteiger partial charge in [0, 0.05) is 54.9 Å². The molecule has 0 spiro atoms. The van der Waals surface area contributed by atoms with Crippen LogP contribution in [0, 0.1) is 12.3 Å². The van der Waals surface area contributed by atoms with E-state index in [1.807, 2.05) is 18.2 Å². The number of methoxy groups -OCH3 is 1. The van der Waals surface area contributed by atoms with Crippen molar-refractivity contribution in [1.82, 2.24) is 5.32 Å². The standard InChI is InChI=1S/C20H26N4O/c1-15-4-3-5-16(10-15)14-23-8-9-24-18-6-7-19(17(12-21)13-22)20(11-18)25-2/h3-7,10-13,21,23-24H,8-9,14,22H2,1-2H3/b17-13+,21-12?. The van der Waals surface area contributed by atoms with Gasteiger partial charge in [0.1, 0.15) is 5.75 Å². The van der Waals surface area contributed by atoms with Gasteiger partial charge in [-0.3, -0.25) is 0 Å². The van der Waals surface area contributed by atoms with E-state index in [2.05, 4.69) is 41.8 Å². The highest BCUT2D eigenvalue weighted by Crippen LogP contribution is 2.27. The average molecular weight is 338 g/mol. The number of nitrogens with one attached hydrogen (secondary N) is 3. The molecule has 5 nitrogen and oxygen atoms in total. The Labute approximate surface area is 149 Å². The van der Waals surface area contributed by atoms with Crippen molar-refractivity contribution in [3.8, 4) is 5.75 Å². The summed E-state index contributed by atoms with van der Waals surface area (Å²) in [7, 11) is 1.62. The fourth-order valence-electron chi connectivity index (χ4n) is 2.61. The maximum absolute atomic E-state index is 7.41. The minimum absolute atomic E-state index is 0.628. The smallest absolute Gasteiger partial charge is 0.128 e. The number of anilines is 1. The van der Waals surface area contributed by atoms with Gasteiger partial charge in [-0.15, -0.1) is 0 Å². The summed E-state index contributed by atoms with van der Waals surface area (Å²) in [5.74, 6) is 0.693. The number of aryl methyl sites for hydroxylation is 1. The molecule has 5 N–H and O–H groups in total. The van der Waals surface area contributed by atoms with Gasteiger partial charge in [-0.1, -0.05) is 29.8 Å². The lowest BCUT2D eigenvalue weighted by atomic mass is 10.1. The van der Waals surface area contributed by atoms with Crippen LogP contribution in [0.15, 0.2) is 48.7 Å². The number of hydrogen-bond donors (Lipinski definition) is 4. The molecule has 0 saturated heterocycles. The molecule has 2 aromatic rings. The second kappa shape index (κ2) is 9.49. The average Bonchev–Trinajstić information content (AvgIpc) is 2.63. The highest BCUT2D eigenvalue weighted by molar-refractivity contribution is 6.09. The van der Waals surface area contributed by atoms with Gasteiger partial charge in [-0.25, -0.2) is 0 Å². The molecule has 0 unspecified atom stereocenters. The zero-order chi connectivity index (χ0) is 18.1. The highest BCUT2D eigenvalue weighted by Gasteiger charge is 2.07. The Morgan fingerprint density at radius 1 is 1.20 bits per heavy atom. The zero-order valence-corrected chi connectivity index (χ0v) is 14.8. The van der Waals surface area contributed by atoms with E-state index in [1.165, 1.54) is 23.5 Å². The predicted octanol–water partition coefficient (Wildman–Crippen LogP) is 3.15. The van der Waals surface area contributed by atoms with Crippen LogP contribution in [-0.2, 0) is 6.54 Å². The fraction of sp³-hybridized carbons (Fsp3) is 0.250. The largest absolute Gasteiger partial charge is 0.496 e. The number of hydrogen-bond acceptors (Lipinski definition) is 5. The molecular formula is C20H26N4O. The molecule has 0 atom stereocenters. The van der Waals surface area contributed by atoms with Gasteiger partial charge >= 0.3 is 0 Å². The van der Waals surface area contributed by atoms with Gasteiger partial charge in [-0.2, -0.15) is 0 Å². The first kappa shape index (κ1) is 18.5. The van der Waals surface area contributed by atoms with E-state index in [-0.39, 0.29) is 0 Å². The molecule has 0 saturated carbocycles. The summed E-state index contributed by atoms with van der Waals surface area (Å²) >= 11 is 0. The van der Waals surface area contributed by atoms with Crippen LogP contribution in [0.2, 0.25) is 0 Å². The molecule has 0 amide bonds. The first-order valence-corrected chi connectivity index (χ1v) is 8.29. The van der Waals surface area contributed by atoms with Gasteiger partial charge in [0.2, 0.25) is 0 Å². The summed E-state index contributed by atoms with van der Waals surface area (Å²) in [6, 6.07) is 14.3. The SMILES string of the molecule is COc1cc(NCCNCc2cccc(C)c2)ccc1/C(C=N)=C/N. The van der Waals surface area contributed by atoms with Gasteiger partial charge in [0.25, 0.3) is 0 Å². The Balaban J connectivity index is 1.85. The maximum Gasteiger partial charge on any atom is 0.128 e. The molecule has 5 heteroatoms. The Kier molecular flexibility index (Phi) is 7.04. The van der Waals surface area contributed by atoms with Gasteiger partial charge in [0.05, 0.1) is 7.11 Å². The molecule has 0 bridgehead atoms. The third-order valence-electron chi connectivity index (χ3n) is 3.89. The van der Waals surface area contributed by atoms with Crippen LogP contribution in [0.25, 0.3) is 5.57 Å². The molecule has 2 rings (SSSR count). The van der Waals surface area contributed by atoms with Crippen LogP contribution in [0.4, 0.5) is 5.69 Å². The van der Waals surface area contributed by atoms with Crippen LogP contribution in [0.5, 0.6) is 5.75 Å². The molecule has 0 fully saturated rings. The third kappa shape index (κ3) is 5.36. The summed E-state index contributed by atoms with van der Waals surface area (Å²) < 4.78 is 5.41. The molecule has 25 heavy (non-hydrogen) atoms. The lowest BCUT2D eigenvalue weighted by Crippen LogP contribution is -2.21. The van der Waals surface area contributed by atoms with E-state index < -0.39 is 0 Å². The van der Waals surface area contributed by atoms with E-state index in [0.29, 0.717) is 11.3 Å². The van der Waals surface area contributed by atoms with Crippen molar-refractivity contribution in [2.75, 3.05) is 25.5 Å². The van der Waals surface area contributed by atoms with Crippen molar-refractivity contribution in [3.63, 3.8) is 0 Å². The summed E-state index contributed by atoms with van der Waals surface area (Å²) in [5, 5.41) is 14.2.